The molecule has 0 amide bonds. The minimum absolute atomic E-state index is 1.18. The summed E-state index contributed by atoms with van der Waals surface area (Å²) in [5.41, 5.74) is 7.30. The first-order valence-corrected chi connectivity index (χ1v) is 13.8. The Bertz CT molecular complexity index is 2420. The first-order valence-electron chi connectivity index (χ1n) is 13.8. The molecule has 9 rings (SSSR count). The fourth-order valence-corrected chi connectivity index (χ4v) is 6.85. The number of aromatic nitrogens is 2. The molecule has 0 spiro atoms. The summed E-state index contributed by atoms with van der Waals surface area (Å²) in [5, 5.41) is 10.2. The van der Waals surface area contributed by atoms with E-state index in [4.69, 9.17) is 0 Å². The smallest absolute Gasteiger partial charge is 0.0549 e. The number of hydrogen-bond donors (Lipinski definition) is 0. The molecular weight excluding hydrogens is 484 g/mol. The molecule has 2 nitrogen and oxygen atoms in total. The number of hydrogen-bond acceptors (Lipinski definition) is 0. The van der Waals surface area contributed by atoms with Crippen LogP contribution < -0.4 is 0 Å². The number of fused-ring (bicyclic) bond motifs is 10. The maximum absolute atomic E-state index is 2.48. The molecule has 2 heterocycles. The van der Waals surface area contributed by atoms with Crippen LogP contribution in [0.1, 0.15) is 0 Å². The number of para-hydroxylation sites is 3. The van der Waals surface area contributed by atoms with Crippen LogP contribution >= 0.6 is 0 Å². The Balaban J connectivity index is 1.51. The Morgan fingerprint density at radius 1 is 0.325 bits per heavy atom. The lowest BCUT2D eigenvalue weighted by molar-refractivity contribution is 1.18. The van der Waals surface area contributed by atoms with Crippen molar-refractivity contribution in [2.24, 2.45) is 0 Å². The van der Waals surface area contributed by atoms with Gasteiger partial charge in [0, 0.05) is 32.6 Å². The maximum Gasteiger partial charge on any atom is 0.0549 e. The normalized spacial score (nSPS) is 12.0. The second-order valence-corrected chi connectivity index (χ2v) is 10.6. The fraction of sp³-hybridized carbons (Fsp3) is 0. The van der Waals surface area contributed by atoms with Gasteiger partial charge in [0.25, 0.3) is 0 Å². The van der Waals surface area contributed by atoms with Gasteiger partial charge in [-0.2, -0.15) is 0 Å². The average molecular weight is 509 g/mol. The third kappa shape index (κ3) is 2.82. The Hall–Kier alpha value is -5.34. The number of benzene rings is 7. The highest BCUT2D eigenvalue weighted by Crippen LogP contribution is 2.43. The van der Waals surface area contributed by atoms with Crippen LogP contribution in [-0.4, -0.2) is 9.13 Å². The summed E-state index contributed by atoms with van der Waals surface area (Å²) in [6, 6.07) is 52.9. The number of rotatable bonds is 2. The van der Waals surface area contributed by atoms with Gasteiger partial charge in [0.1, 0.15) is 0 Å². The van der Waals surface area contributed by atoms with E-state index in [1.54, 1.807) is 0 Å². The lowest BCUT2D eigenvalue weighted by atomic mass is 10.00. The molecule has 0 aliphatic heterocycles. The monoisotopic (exact) mass is 508 g/mol. The van der Waals surface area contributed by atoms with Gasteiger partial charge < -0.3 is 9.13 Å². The Morgan fingerprint density at radius 3 is 1.52 bits per heavy atom. The first-order chi connectivity index (χ1) is 19.9. The van der Waals surface area contributed by atoms with Crippen LogP contribution in [0.5, 0.6) is 0 Å². The molecular formula is C38H24N2. The van der Waals surface area contributed by atoms with Crippen molar-refractivity contribution < 1.29 is 0 Å². The summed E-state index contributed by atoms with van der Waals surface area (Å²) in [4.78, 5) is 0. The van der Waals surface area contributed by atoms with E-state index in [1.165, 1.54) is 76.5 Å². The van der Waals surface area contributed by atoms with Gasteiger partial charge in [0.2, 0.25) is 0 Å². The van der Waals surface area contributed by atoms with Crippen LogP contribution in [0.4, 0.5) is 0 Å². The predicted molar refractivity (Wildman–Crippen MR) is 170 cm³/mol. The van der Waals surface area contributed by atoms with Crippen LogP contribution in [-0.2, 0) is 0 Å². The summed E-state index contributed by atoms with van der Waals surface area (Å²) in [6.45, 7) is 0. The van der Waals surface area contributed by atoms with Gasteiger partial charge in [-0.05, 0) is 58.6 Å². The lowest BCUT2D eigenvalue weighted by Crippen LogP contribution is -1.96. The van der Waals surface area contributed by atoms with Gasteiger partial charge in [0.15, 0.2) is 0 Å². The standard InChI is InChI=1S/C38H24N2/c1-2-13-26(14-3-1)39-32-20-10-8-18-30(32)37-34(39)22-23-35-38(37)31-19-9-11-21-33(31)40(35)36-24-25-12-4-5-15-27(25)28-16-6-7-17-29(28)36/h1-24H. The van der Waals surface area contributed by atoms with E-state index >= 15 is 0 Å². The van der Waals surface area contributed by atoms with Crippen molar-refractivity contribution in [2.75, 3.05) is 0 Å². The molecule has 0 saturated carbocycles. The van der Waals surface area contributed by atoms with Crippen molar-refractivity contribution in [2.45, 2.75) is 0 Å². The zero-order chi connectivity index (χ0) is 26.2. The molecule has 0 unspecified atom stereocenters. The van der Waals surface area contributed by atoms with Gasteiger partial charge in [-0.3, -0.25) is 0 Å². The van der Waals surface area contributed by atoms with Crippen molar-refractivity contribution in [3.8, 4) is 11.4 Å². The second-order valence-electron chi connectivity index (χ2n) is 10.6. The van der Waals surface area contributed by atoms with E-state index in [0.717, 1.165) is 0 Å². The molecule has 0 fully saturated rings. The van der Waals surface area contributed by atoms with E-state index in [1.807, 2.05) is 0 Å². The van der Waals surface area contributed by atoms with Crippen LogP contribution in [0.15, 0.2) is 146 Å². The third-order valence-electron chi connectivity index (χ3n) is 8.47. The van der Waals surface area contributed by atoms with Crippen molar-refractivity contribution in [3.05, 3.63) is 146 Å². The second kappa shape index (κ2) is 8.08. The highest BCUT2D eigenvalue weighted by atomic mass is 15.0. The van der Waals surface area contributed by atoms with Crippen molar-refractivity contribution in [1.29, 1.82) is 0 Å². The Morgan fingerprint density at radius 2 is 0.825 bits per heavy atom. The zero-order valence-electron chi connectivity index (χ0n) is 21.8. The molecule has 7 aromatic carbocycles. The highest BCUT2D eigenvalue weighted by molar-refractivity contribution is 6.29. The summed E-state index contributed by atoms with van der Waals surface area (Å²) < 4.78 is 4.88. The first kappa shape index (κ1) is 21.6. The topological polar surface area (TPSA) is 9.86 Å². The molecule has 0 atom stereocenters. The summed E-state index contributed by atoms with van der Waals surface area (Å²) in [5.74, 6) is 0. The minimum Gasteiger partial charge on any atom is -0.309 e. The van der Waals surface area contributed by atoms with E-state index in [2.05, 4.69) is 155 Å². The Kier molecular flexibility index (Phi) is 4.36. The largest absolute Gasteiger partial charge is 0.309 e. The van der Waals surface area contributed by atoms with Gasteiger partial charge in [-0.1, -0.05) is 103 Å². The molecule has 0 bridgehead atoms. The molecule has 186 valence electrons. The molecule has 9 aromatic rings. The average Bonchev–Trinajstić information content (AvgIpc) is 3.54. The minimum atomic E-state index is 1.18. The van der Waals surface area contributed by atoms with E-state index in [9.17, 15) is 0 Å². The van der Waals surface area contributed by atoms with Crippen LogP contribution in [0.3, 0.4) is 0 Å². The van der Waals surface area contributed by atoms with E-state index in [0.29, 0.717) is 0 Å². The fourth-order valence-electron chi connectivity index (χ4n) is 6.85. The summed E-state index contributed by atoms with van der Waals surface area (Å²) in [7, 11) is 0. The molecule has 0 aliphatic carbocycles. The van der Waals surface area contributed by atoms with Gasteiger partial charge >= 0.3 is 0 Å². The molecule has 40 heavy (non-hydrogen) atoms. The molecule has 2 aromatic heterocycles. The molecule has 0 N–H and O–H groups in total. The van der Waals surface area contributed by atoms with Crippen molar-refractivity contribution >= 4 is 65.2 Å². The maximum atomic E-state index is 2.48. The predicted octanol–water partition coefficient (Wildman–Crippen LogP) is 10.2. The van der Waals surface area contributed by atoms with Gasteiger partial charge in [-0.25, -0.2) is 0 Å². The van der Waals surface area contributed by atoms with Gasteiger partial charge in [-0.15, -0.1) is 0 Å². The van der Waals surface area contributed by atoms with E-state index < -0.39 is 0 Å². The highest BCUT2D eigenvalue weighted by Gasteiger charge is 2.21. The van der Waals surface area contributed by atoms with Crippen LogP contribution in [0.2, 0.25) is 0 Å². The quantitative estimate of drug-likeness (QED) is 0.206. The summed E-state index contributed by atoms with van der Waals surface area (Å²) in [6.07, 6.45) is 0. The van der Waals surface area contributed by atoms with E-state index in [-0.39, 0.29) is 0 Å². The van der Waals surface area contributed by atoms with Crippen LogP contribution in [0.25, 0.3) is 76.5 Å². The van der Waals surface area contributed by atoms with Crippen molar-refractivity contribution in [1.82, 2.24) is 9.13 Å². The molecule has 2 heteroatoms. The molecule has 0 saturated heterocycles. The van der Waals surface area contributed by atoms with Crippen molar-refractivity contribution in [3.63, 3.8) is 0 Å². The SMILES string of the molecule is c1ccc(-n2c3ccccc3c3c4c5ccccc5n(-c5cc6ccccc6c6ccccc56)c4ccc32)cc1. The lowest BCUT2D eigenvalue weighted by Gasteiger charge is -2.14. The number of nitrogens with zero attached hydrogens (tertiary/aromatic N) is 2. The molecule has 0 aliphatic rings. The molecule has 0 radical (unpaired) electrons. The van der Waals surface area contributed by atoms with Gasteiger partial charge in [0.05, 0.1) is 27.8 Å². The summed E-state index contributed by atoms with van der Waals surface area (Å²) >= 11 is 0. The Labute approximate surface area is 230 Å². The van der Waals surface area contributed by atoms with Crippen LogP contribution in [0, 0.1) is 0 Å². The third-order valence-corrected chi connectivity index (χ3v) is 8.47. The zero-order valence-corrected chi connectivity index (χ0v) is 21.8.